The highest BCUT2D eigenvalue weighted by Crippen LogP contribution is 2.31. The summed E-state index contributed by atoms with van der Waals surface area (Å²) >= 11 is 1.63. The summed E-state index contributed by atoms with van der Waals surface area (Å²) < 4.78 is 1.18. The highest BCUT2D eigenvalue weighted by molar-refractivity contribution is 7.17. The number of hydrogen-bond donors (Lipinski definition) is 1. The van der Waals surface area contributed by atoms with Crippen LogP contribution in [-0.4, -0.2) is 24.7 Å². The van der Waals surface area contributed by atoms with Crippen LogP contribution in [0.2, 0.25) is 0 Å². The molecule has 3 nitrogen and oxygen atoms in total. The van der Waals surface area contributed by atoms with Gasteiger partial charge in [0.1, 0.15) is 6.54 Å². The van der Waals surface area contributed by atoms with Crippen molar-refractivity contribution in [2.24, 2.45) is 0 Å². The molecule has 2 aromatic rings. The van der Waals surface area contributed by atoms with E-state index in [0.717, 1.165) is 11.1 Å². The molecular weight excluding hydrogens is 210 g/mol. The number of aliphatic carboxylic acids is 1. The number of thiophene rings is 1. The van der Waals surface area contributed by atoms with Crippen LogP contribution in [0.25, 0.3) is 10.1 Å². The average molecular weight is 221 g/mol. The molecule has 1 N–H and O–H groups in total. The second-order valence-corrected chi connectivity index (χ2v) is 4.28. The average Bonchev–Trinajstić information content (AvgIpc) is 2.59. The van der Waals surface area contributed by atoms with Crippen LogP contribution in [0.15, 0.2) is 29.6 Å². The van der Waals surface area contributed by atoms with Crippen molar-refractivity contribution in [3.63, 3.8) is 0 Å². The molecule has 0 atom stereocenters. The molecule has 0 aliphatic heterocycles. The standard InChI is InChI=1S/C11H11NO2S/c1-12(6-11(13)14)9-7-15-10-5-3-2-4-8(9)10/h2-5,7H,6H2,1H3,(H,13,14). The van der Waals surface area contributed by atoms with Gasteiger partial charge in [-0.05, 0) is 6.07 Å². The molecule has 78 valence electrons. The van der Waals surface area contributed by atoms with Crippen LogP contribution in [0.4, 0.5) is 5.69 Å². The van der Waals surface area contributed by atoms with Crippen molar-refractivity contribution in [1.29, 1.82) is 0 Å². The minimum absolute atomic E-state index is 0.0285. The molecule has 0 aliphatic rings. The second-order valence-electron chi connectivity index (χ2n) is 3.37. The molecule has 0 fully saturated rings. The largest absolute Gasteiger partial charge is 0.480 e. The first-order chi connectivity index (χ1) is 7.18. The van der Waals surface area contributed by atoms with Crippen LogP contribution < -0.4 is 4.90 Å². The van der Waals surface area contributed by atoms with Gasteiger partial charge in [-0.15, -0.1) is 11.3 Å². The first kappa shape index (κ1) is 9.98. The molecule has 0 aliphatic carbocycles. The Bertz CT molecular complexity index is 492. The number of rotatable bonds is 3. The van der Waals surface area contributed by atoms with E-state index in [2.05, 4.69) is 0 Å². The van der Waals surface area contributed by atoms with Gasteiger partial charge in [-0.2, -0.15) is 0 Å². The molecule has 2 rings (SSSR count). The molecule has 15 heavy (non-hydrogen) atoms. The Balaban J connectivity index is 2.39. The molecule has 1 heterocycles. The first-order valence-corrected chi connectivity index (χ1v) is 5.45. The Kier molecular flexibility index (Phi) is 2.60. The van der Waals surface area contributed by atoms with Crippen LogP contribution in [-0.2, 0) is 4.79 Å². The quantitative estimate of drug-likeness (QED) is 0.865. The maximum Gasteiger partial charge on any atom is 0.323 e. The van der Waals surface area contributed by atoms with Gasteiger partial charge in [0.2, 0.25) is 0 Å². The monoisotopic (exact) mass is 221 g/mol. The van der Waals surface area contributed by atoms with Gasteiger partial charge in [0.05, 0.1) is 5.69 Å². The highest BCUT2D eigenvalue weighted by atomic mass is 32.1. The normalized spacial score (nSPS) is 10.5. The molecular formula is C11H11NO2S. The SMILES string of the molecule is CN(CC(=O)O)c1csc2ccccc12. The van der Waals surface area contributed by atoms with Crippen molar-refractivity contribution in [1.82, 2.24) is 0 Å². The lowest BCUT2D eigenvalue weighted by molar-refractivity contribution is -0.135. The maximum atomic E-state index is 10.6. The van der Waals surface area contributed by atoms with Crippen molar-refractivity contribution < 1.29 is 9.90 Å². The number of anilines is 1. The number of carboxylic acid groups (broad SMARTS) is 1. The van der Waals surface area contributed by atoms with Crippen molar-refractivity contribution in [2.45, 2.75) is 0 Å². The molecule has 0 saturated heterocycles. The minimum atomic E-state index is -0.812. The molecule has 0 saturated carbocycles. The Hall–Kier alpha value is -1.55. The van der Waals surface area contributed by atoms with Crippen molar-refractivity contribution in [3.8, 4) is 0 Å². The Morgan fingerprint density at radius 1 is 1.47 bits per heavy atom. The lowest BCUT2D eigenvalue weighted by Gasteiger charge is -2.15. The summed E-state index contributed by atoms with van der Waals surface area (Å²) in [4.78, 5) is 12.4. The third kappa shape index (κ3) is 1.94. The van der Waals surface area contributed by atoms with Gasteiger partial charge in [-0.3, -0.25) is 4.79 Å². The van der Waals surface area contributed by atoms with Crippen molar-refractivity contribution in [2.75, 3.05) is 18.5 Å². The fraction of sp³-hybridized carbons (Fsp3) is 0.182. The van der Waals surface area contributed by atoms with Crippen LogP contribution in [0.1, 0.15) is 0 Å². The third-order valence-corrected chi connectivity index (χ3v) is 3.20. The van der Waals surface area contributed by atoms with E-state index < -0.39 is 5.97 Å². The van der Waals surface area contributed by atoms with Gasteiger partial charge >= 0.3 is 5.97 Å². The number of carbonyl (C=O) groups is 1. The van der Waals surface area contributed by atoms with E-state index in [1.165, 1.54) is 4.70 Å². The van der Waals surface area contributed by atoms with E-state index in [9.17, 15) is 4.79 Å². The molecule has 0 unspecified atom stereocenters. The number of nitrogens with zero attached hydrogens (tertiary/aromatic N) is 1. The number of hydrogen-bond acceptors (Lipinski definition) is 3. The van der Waals surface area contributed by atoms with Gasteiger partial charge in [0.25, 0.3) is 0 Å². The summed E-state index contributed by atoms with van der Waals surface area (Å²) in [5.74, 6) is -0.812. The second kappa shape index (κ2) is 3.90. The lowest BCUT2D eigenvalue weighted by Crippen LogP contribution is -2.24. The zero-order valence-corrected chi connectivity index (χ0v) is 9.12. The van der Waals surface area contributed by atoms with Crippen LogP contribution in [0, 0.1) is 0 Å². The first-order valence-electron chi connectivity index (χ1n) is 4.57. The molecule has 1 aromatic heterocycles. The highest BCUT2D eigenvalue weighted by Gasteiger charge is 2.10. The van der Waals surface area contributed by atoms with Crippen LogP contribution >= 0.6 is 11.3 Å². The van der Waals surface area contributed by atoms with Gasteiger partial charge in [-0.1, -0.05) is 18.2 Å². The van der Waals surface area contributed by atoms with E-state index in [1.807, 2.05) is 29.6 Å². The van der Waals surface area contributed by atoms with Gasteiger partial charge in [0.15, 0.2) is 0 Å². The number of benzene rings is 1. The van der Waals surface area contributed by atoms with E-state index in [1.54, 1.807) is 23.3 Å². The zero-order chi connectivity index (χ0) is 10.8. The van der Waals surface area contributed by atoms with Gasteiger partial charge in [0, 0.05) is 22.5 Å². The Morgan fingerprint density at radius 2 is 2.20 bits per heavy atom. The van der Waals surface area contributed by atoms with Crippen LogP contribution in [0.5, 0.6) is 0 Å². The fourth-order valence-electron chi connectivity index (χ4n) is 1.55. The molecule has 0 radical (unpaired) electrons. The van der Waals surface area contributed by atoms with Crippen LogP contribution in [0.3, 0.4) is 0 Å². The Morgan fingerprint density at radius 3 is 2.93 bits per heavy atom. The van der Waals surface area contributed by atoms with E-state index in [4.69, 9.17) is 5.11 Å². The molecule has 0 spiro atoms. The smallest absolute Gasteiger partial charge is 0.323 e. The zero-order valence-electron chi connectivity index (χ0n) is 8.30. The lowest BCUT2D eigenvalue weighted by atomic mass is 10.2. The van der Waals surface area contributed by atoms with E-state index >= 15 is 0 Å². The molecule has 1 aromatic carbocycles. The molecule has 0 amide bonds. The van der Waals surface area contributed by atoms with Crippen molar-refractivity contribution >= 4 is 33.1 Å². The van der Waals surface area contributed by atoms with E-state index in [-0.39, 0.29) is 6.54 Å². The maximum absolute atomic E-state index is 10.6. The summed E-state index contributed by atoms with van der Waals surface area (Å²) in [7, 11) is 1.79. The van der Waals surface area contributed by atoms with Gasteiger partial charge < -0.3 is 10.0 Å². The third-order valence-electron chi connectivity index (χ3n) is 2.24. The molecule has 0 bridgehead atoms. The summed E-state index contributed by atoms with van der Waals surface area (Å²) in [6.07, 6.45) is 0. The fourth-order valence-corrected chi connectivity index (χ4v) is 2.55. The summed E-state index contributed by atoms with van der Waals surface area (Å²) in [5.41, 5.74) is 0.984. The Labute approximate surface area is 91.6 Å². The molecule has 4 heteroatoms. The summed E-state index contributed by atoms with van der Waals surface area (Å²) in [6, 6.07) is 8.00. The summed E-state index contributed by atoms with van der Waals surface area (Å²) in [6.45, 7) is 0.0285. The minimum Gasteiger partial charge on any atom is -0.480 e. The predicted molar refractivity (Wildman–Crippen MR) is 62.7 cm³/mol. The number of fused-ring (bicyclic) bond motifs is 1. The van der Waals surface area contributed by atoms with Gasteiger partial charge in [-0.25, -0.2) is 0 Å². The number of carboxylic acids is 1. The van der Waals surface area contributed by atoms with E-state index in [0.29, 0.717) is 0 Å². The topological polar surface area (TPSA) is 40.5 Å². The van der Waals surface area contributed by atoms with Crippen molar-refractivity contribution in [3.05, 3.63) is 29.6 Å². The predicted octanol–water partition coefficient (Wildman–Crippen LogP) is 2.42. The summed E-state index contributed by atoms with van der Waals surface area (Å²) in [5, 5.41) is 11.8. The number of likely N-dealkylation sites (N-methyl/N-ethyl adjacent to an activating group) is 1.